The van der Waals surface area contributed by atoms with Gasteiger partial charge < -0.3 is 10.1 Å². The number of nitrogens with zero attached hydrogens (tertiary/aromatic N) is 3. The van der Waals surface area contributed by atoms with E-state index in [-0.39, 0.29) is 5.69 Å². The minimum atomic E-state index is -0.424. The predicted octanol–water partition coefficient (Wildman–Crippen LogP) is 3.77. The van der Waals surface area contributed by atoms with Crippen molar-refractivity contribution in [2.24, 2.45) is 7.05 Å². The first-order valence-corrected chi connectivity index (χ1v) is 8.45. The van der Waals surface area contributed by atoms with Gasteiger partial charge in [0, 0.05) is 24.2 Å². The maximum Gasteiger partial charge on any atom is 0.358 e. The Balaban J connectivity index is 1.80. The standard InChI is InChI=1S/C17H18N4O2S/c1-4-23-16(22)13-9-15(21(3)20-13)14-10-24-17(19-14)18-12-7-5-11(2)6-8-12/h5-10H,4H2,1-3H3,(H,18,19). The number of carbonyl (C=O) groups excluding carboxylic acids is 1. The smallest absolute Gasteiger partial charge is 0.358 e. The first kappa shape index (κ1) is 16.2. The highest BCUT2D eigenvalue weighted by atomic mass is 32.1. The molecular formula is C17H18N4O2S. The Hall–Kier alpha value is -2.67. The van der Waals surface area contributed by atoms with Crippen LogP contribution in [0, 0.1) is 6.92 Å². The first-order valence-electron chi connectivity index (χ1n) is 7.57. The minimum Gasteiger partial charge on any atom is -0.461 e. The summed E-state index contributed by atoms with van der Waals surface area (Å²) in [5.41, 5.74) is 4.02. The third kappa shape index (κ3) is 3.46. The second-order valence-corrected chi connectivity index (χ2v) is 6.15. The molecular weight excluding hydrogens is 324 g/mol. The van der Waals surface area contributed by atoms with E-state index >= 15 is 0 Å². The molecule has 0 saturated carbocycles. The number of thiazole rings is 1. The summed E-state index contributed by atoms with van der Waals surface area (Å²) >= 11 is 1.50. The number of benzene rings is 1. The average Bonchev–Trinajstić information content (AvgIpc) is 3.16. The largest absolute Gasteiger partial charge is 0.461 e. The zero-order valence-electron chi connectivity index (χ0n) is 13.7. The van der Waals surface area contributed by atoms with E-state index in [0.29, 0.717) is 6.61 Å². The second-order valence-electron chi connectivity index (χ2n) is 5.29. The molecule has 2 heterocycles. The van der Waals surface area contributed by atoms with E-state index in [2.05, 4.69) is 22.3 Å². The van der Waals surface area contributed by atoms with Crippen molar-refractivity contribution in [3.8, 4) is 11.4 Å². The van der Waals surface area contributed by atoms with Crippen molar-refractivity contribution in [3.05, 3.63) is 47.0 Å². The molecule has 1 N–H and O–H groups in total. The van der Waals surface area contributed by atoms with Gasteiger partial charge in [0.15, 0.2) is 10.8 Å². The summed E-state index contributed by atoms with van der Waals surface area (Å²) in [6, 6.07) is 9.81. The Morgan fingerprint density at radius 3 is 2.79 bits per heavy atom. The minimum absolute atomic E-state index is 0.287. The van der Waals surface area contributed by atoms with Crippen molar-refractivity contribution in [2.45, 2.75) is 13.8 Å². The highest BCUT2D eigenvalue weighted by Gasteiger charge is 2.16. The van der Waals surface area contributed by atoms with E-state index in [1.807, 2.05) is 29.6 Å². The fraction of sp³-hybridized carbons (Fsp3) is 0.235. The summed E-state index contributed by atoms with van der Waals surface area (Å²) in [6.45, 7) is 4.14. The molecule has 3 aromatic rings. The second kappa shape index (κ2) is 6.84. The molecule has 0 fully saturated rings. The molecule has 6 nitrogen and oxygen atoms in total. The zero-order chi connectivity index (χ0) is 17.1. The van der Waals surface area contributed by atoms with E-state index in [4.69, 9.17) is 4.74 Å². The van der Waals surface area contributed by atoms with Crippen LogP contribution in [0.3, 0.4) is 0 Å². The van der Waals surface area contributed by atoms with E-state index < -0.39 is 5.97 Å². The number of aromatic nitrogens is 3. The van der Waals surface area contributed by atoms with Crippen molar-refractivity contribution < 1.29 is 9.53 Å². The lowest BCUT2D eigenvalue weighted by Gasteiger charge is -2.02. The average molecular weight is 342 g/mol. The van der Waals surface area contributed by atoms with Crippen LogP contribution < -0.4 is 5.32 Å². The Bertz CT molecular complexity index is 852. The van der Waals surface area contributed by atoms with E-state index in [1.54, 1.807) is 24.7 Å². The molecule has 0 radical (unpaired) electrons. The fourth-order valence-electron chi connectivity index (χ4n) is 2.22. The monoisotopic (exact) mass is 342 g/mol. The molecule has 2 aromatic heterocycles. The van der Waals surface area contributed by atoms with Gasteiger partial charge in [-0.25, -0.2) is 9.78 Å². The molecule has 0 bridgehead atoms. The highest BCUT2D eigenvalue weighted by molar-refractivity contribution is 7.14. The van der Waals surface area contributed by atoms with Crippen LogP contribution in [0.15, 0.2) is 35.7 Å². The van der Waals surface area contributed by atoms with Crippen LogP contribution in [-0.4, -0.2) is 27.3 Å². The fourth-order valence-corrected chi connectivity index (χ4v) is 2.95. The maximum absolute atomic E-state index is 11.8. The Morgan fingerprint density at radius 2 is 2.08 bits per heavy atom. The maximum atomic E-state index is 11.8. The quantitative estimate of drug-likeness (QED) is 0.715. The topological polar surface area (TPSA) is 69.0 Å². The van der Waals surface area contributed by atoms with Gasteiger partial charge in [-0.2, -0.15) is 5.10 Å². The summed E-state index contributed by atoms with van der Waals surface area (Å²) in [7, 11) is 1.78. The van der Waals surface area contributed by atoms with Gasteiger partial charge in [-0.05, 0) is 26.0 Å². The Labute approximate surface area is 144 Å². The number of anilines is 2. The van der Waals surface area contributed by atoms with Crippen molar-refractivity contribution in [2.75, 3.05) is 11.9 Å². The molecule has 0 amide bonds. The van der Waals surface area contributed by atoms with Crippen molar-refractivity contribution in [1.29, 1.82) is 0 Å². The van der Waals surface area contributed by atoms with Crippen LogP contribution in [0.2, 0.25) is 0 Å². The van der Waals surface area contributed by atoms with Crippen molar-refractivity contribution >= 4 is 28.1 Å². The predicted molar refractivity (Wildman–Crippen MR) is 94.7 cm³/mol. The van der Waals surface area contributed by atoms with Crippen LogP contribution in [0.5, 0.6) is 0 Å². The summed E-state index contributed by atoms with van der Waals surface area (Å²) < 4.78 is 6.62. The number of rotatable bonds is 5. The molecule has 24 heavy (non-hydrogen) atoms. The van der Waals surface area contributed by atoms with Crippen LogP contribution in [0.1, 0.15) is 23.0 Å². The molecule has 1 aromatic carbocycles. The van der Waals surface area contributed by atoms with Crippen LogP contribution in [0.4, 0.5) is 10.8 Å². The van der Waals surface area contributed by atoms with Gasteiger partial charge in [-0.3, -0.25) is 4.68 Å². The third-order valence-corrected chi connectivity index (χ3v) is 4.19. The molecule has 0 atom stereocenters. The molecule has 0 saturated heterocycles. The summed E-state index contributed by atoms with van der Waals surface area (Å²) in [4.78, 5) is 16.4. The van der Waals surface area contributed by atoms with Crippen LogP contribution in [-0.2, 0) is 11.8 Å². The van der Waals surface area contributed by atoms with Gasteiger partial charge in [-0.15, -0.1) is 11.3 Å². The number of ether oxygens (including phenoxy) is 1. The molecule has 7 heteroatoms. The van der Waals surface area contributed by atoms with Gasteiger partial charge in [0.2, 0.25) is 0 Å². The lowest BCUT2D eigenvalue weighted by Crippen LogP contribution is -2.05. The molecule has 0 aliphatic carbocycles. The van der Waals surface area contributed by atoms with Gasteiger partial charge >= 0.3 is 5.97 Å². The molecule has 0 aliphatic rings. The Kier molecular flexibility index (Phi) is 4.61. The molecule has 0 unspecified atom stereocenters. The SMILES string of the molecule is CCOC(=O)c1cc(-c2csc(Nc3ccc(C)cc3)n2)n(C)n1. The van der Waals surface area contributed by atoms with Crippen molar-refractivity contribution in [3.63, 3.8) is 0 Å². The highest BCUT2D eigenvalue weighted by Crippen LogP contribution is 2.27. The lowest BCUT2D eigenvalue weighted by atomic mass is 10.2. The molecule has 3 rings (SSSR count). The molecule has 0 aliphatic heterocycles. The van der Waals surface area contributed by atoms with Crippen LogP contribution in [0.25, 0.3) is 11.4 Å². The number of nitrogens with one attached hydrogen (secondary N) is 1. The summed E-state index contributed by atoms with van der Waals surface area (Å²) in [6.07, 6.45) is 0. The number of carbonyl (C=O) groups is 1. The molecule has 124 valence electrons. The summed E-state index contributed by atoms with van der Waals surface area (Å²) in [5.74, 6) is -0.424. The Morgan fingerprint density at radius 1 is 1.33 bits per heavy atom. The first-order chi connectivity index (χ1) is 11.6. The number of aryl methyl sites for hydroxylation is 2. The number of esters is 1. The van der Waals surface area contributed by atoms with Crippen molar-refractivity contribution in [1.82, 2.24) is 14.8 Å². The zero-order valence-corrected chi connectivity index (χ0v) is 14.6. The van der Waals surface area contributed by atoms with E-state index in [9.17, 15) is 4.79 Å². The van der Waals surface area contributed by atoms with Gasteiger partial charge in [0.25, 0.3) is 0 Å². The van der Waals surface area contributed by atoms with Crippen LogP contribution >= 0.6 is 11.3 Å². The van der Waals surface area contributed by atoms with Gasteiger partial charge in [-0.1, -0.05) is 17.7 Å². The molecule has 0 spiro atoms. The lowest BCUT2D eigenvalue weighted by molar-refractivity contribution is 0.0518. The van der Waals surface area contributed by atoms with E-state index in [0.717, 1.165) is 22.2 Å². The normalized spacial score (nSPS) is 10.6. The van der Waals surface area contributed by atoms with Gasteiger partial charge in [0.1, 0.15) is 5.69 Å². The summed E-state index contributed by atoms with van der Waals surface area (Å²) in [5, 5.41) is 10.2. The third-order valence-electron chi connectivity index (χ3n) is 3.43. The number of hydrogen-bond acceptors (Lipinski definition) is 6. The number of hydrogen-bond donors (Lipinski definition) is 1. The van der Waals surface area contributed by atoms with Gasteiger partial charge in [0.05, 0.1) is 12.3 Å². The van der Waals surface area contributed by atoms with E-state index in [1.165, 1.54) is 16.9 Å².